The molecule has 1 aromatic heterocycles. The third kappa shape index (κ3) is 2.06. The van der Waals surface area contributed by atoms with E-state index in [0.717, 1.165) is 25.7 Å². The first-order valence-corrected chi connectivity index (χ1v) is 6.35. The number of rotatable bonds is 2. The molecule has 1 saturated carbocycles. The van der Waals surface area contributed by atoms with Crippen LogP contribution in [0.1, 0.15) is 31.7 Å². The van der Waals surface area contributed by atoms with Gasteiger partial charge in [-0.3, -0.25) is 10.1 Å². The van der Waals surface area contributed by atoms with Gasteiger partial charge >= 0.3 is 0 Å². The van der Waals surface area contributed by atoms with Crippen LogP contribution in [0.15, 0.2) is 18.2 Å². The van der Waals surface area contributed by atoms with E-state index in [1.165, 1.54) is 10.9 Å². The highest BCUT2D eigenvalue weighted by atomic mass is 16.6. The highest BCUT2D eigenvalue weighted by molar-refractivity contribution is 5.83. The van der Waals surface area contributed by atoms with E-state index in [1.807, 2.05) is 0 Å². The minimum absolute atomic E-state index is 0.0472. The van der Waals surface area contributed by atoms with Gasteiger partial charge in [0.15, 0.2) is 5.52 Å². The molecule has 1 aromatic carbocycles. The maximum atomic E-state index is 10.9. The summed E-state index contributed by atoms with van der Waals surface area (Å²) in [6.07, 6.45) is 3.07. The summed E-state index contributed by atoms with van der Waals surface area (Å²) in [5.41, 5.74) is 0.728. The Morgan fingerprint density at radius 2 is 2.11 bits per heavy atom. The third-order valence-corrected chi connectivity index (χ3v) is 3.59. The van der Waals surface area contributed by atoms with Crippen molar-refractivity contribution in [3.63, 3.8) is 0 Å². The molecule has 7 nitrogen and oxygen atoms in total. The first kappa shape index (κ1) is 12.0. The van der Waals surface area contributed by atoms with Crippen molar-refractivity contribution in [2.24, 2.45) is 0 Å². The maximum Gasteiger partial charge on any atom is 0.299 e. The number of non-ortho nitro benzene ring substituents is 1. The molecular formula is C12H14N4O3. The molecule has 1 fully saturated rings. The fraction of sp³-hybridized carbons (Fsp3) is 0.500. The molecule has 2 aromatic rings. The topological polar surface area (TPSA) is 94.1 Å². The third-order valence-electron chi connectivity index (χ3n) is 3.59. The molecule has 0 amide bonds. The number of nitrogens with zero attached hydrogens (tertiary/aromatic N) is 4. The highest BCUT2D eigenvalue weighted by Crippen LogP contribution is 2.29. The minimum atomic E-state index is -0.477. The van der Waals surface area contributed by atoms with Gasteiger partial charge in [-0.2, -0.15) is 9.90 Å². The van der Waals surface area contributed by atoms with Crippen LogP contribution in [-0.4, -0.2) is 31.1 Å². The lowest BCUT2D eigenvalue weighted by atomic mass is 9.93. The van der Waals surface area contributed by atoms with E-state index in [0.29, 0.717) is 5.52 Å². The molecular weight excluding hydrogens is 248 g/mol. The van der Waals surface area contributed by atoms with E-state index >= 15 is 0 Å². The quantitative estimate of drug-likeness (QED) is 0.658. The maximum absolute atomic E-state index is 10.9. The van der Waals surface area contributed by atoms with Gasteiger partial charge in [-0.1, -0.05) is 18.9 Å². The monoisotopic (exact) mass is 262 g/mol. The summed E-state index contributed by atoms with van der Waals surface area (Å²) in [7, 11) is 0. The van der Waals surface area contributed by atoms with Crippen LogP contribution in [0.3, 0.4) is 0 Å². The number of benzene rings is 1. The summed E-state index contributed by atoms with van der Waals surface area (Å²) in [5, 5.41) is 29.4. The molecule has 1 aliphatic carbocycles. The summed E-state index contributed by atoms with van der Waals surface area (Å²) in [6.45, 7) is 0. The van der Waals surface area contributed by atoms with Crippen LogP contribution in [0.4, 0.5) is 5.69 Å². The number of fused-ring (bicyclic) bond motifs is 1. The predicted octanol–water partition coefficient (Wildman–Crippen LogP) is 1.82. The van der Waals surface area contributed by atoms with Crippen molar-refractivity contribution >= 4 is 16.7 Å². The van der Waals surface area contributed by atoms with Crippen LogP contribution in [0.2, 0.25) is 0 Å². The van der Waals surface area contributed by atoms with Crippen molar-refractivity contribution in [1.29, 1.82) is 0 Å². The minimum Gasteiger partial charge on any atom is -0.391 e. The molecule has 7 heteroatoms. The Kier molecular flexibility index (Phi) is 2.90. The number of aliphatic hydroxyl groups is 1. The predicted molar refractivity (Wildman–Crippen MR) is 67.7 cm³/mol. The summed E-state index contributed by atoms with van der Waals surface area (Å²) < 4.78 is 0. The molecule has 0 spiro atoms. The zero-order valence-electron chi connectivity index (χ0n) is 10.3. The second-order valence-corrected chi connectivity index (χ2v) is 4.84. The Labute approximate surface area is 109 Å². The average Bonchev–Trinajstić information content (AvgIpc) is 2.82. The largest absolute Gasteiger partial charge is 0.391 e. The molecule has 1 aliphatic rings. The van der Waals surface area contributed by atoms with Gasteiger partial charge in [0.25, 0.3) is 5.69 Å². The fourth-order valence-corrected chi connectivity index (χ4v) is 2.59. The molecule has 0 bridgehead atoms. The lowest BCUT2D eigenvalue weighted by molar-refractivity contribution is -0.383. The Morgan fingerprint density at radius 3 is 2.84 bits per heavy atom. The molecule has 3 rings (SSSR count). The number of aromatic nitrogens is 3. The van der Waals surface area contributed by atoms with Gasteiger partial charge in [-0.15, -0.1) is 5.10 Å². The van der Waals surface area contributed by atoms with Gasteiger partial charge < -0.3 is 5.11 Å². The van der Waals surface area contributed by atoms with Crippen molar-refractivity contribution in [2.75, 3.05) is 0 Å². The van der Waals surface area contributed by atoms with E-state index in [4.69, 9.17) is 0 Å². The Morgan fingerprint density at radius 1 is 1.32 bits per heavy atom. The zero-order chi connectivity index (χ0) is 13.4. The molecule has 100 valence electrons. The molecule has 0 radical (unpaired) electrons. The van der Waals surface area contributed by atoms with Gasteiger partial charge in [0.1, 0.15) is 5.52 Å². The van der Waals surface area contributed by atoms with Crippen LogP contribution < -0.4 is 0 Å². The van der Waals surface area contributed by atoms with Crippen LogP contribution in [-0.2, 0) is 0 Å². The van der Waals surface area contributed by atoms with Gasteiger partial charge in [0.2, 0.25) is 0 Å². The van der Waals surface area contributed by atoms with Gasteiger partial charge in [-0.25, -0.2) is 0 Å². The zero-order valence-corrected chi connectivity index (χ0v) is 10.3. The Hall–Kier alpha value is -2.02. The van der Waals surface area contributed by atoms with Gasteiger partial charge in [-0.05, 0) is 18.9 Å². The van der Waals surface area contributed by atoms with E-state index < -0.39 is 11.0 Å². The van der Waals surface area contributed by atoms with Crippen molar-refractivity contribution in [2.45, 2.75) is 37.8 Å². The number of hydrogen-bond donors (Lipinski definition) is 1. The summed E-state index contributed by atoms with van der Waals surface area (Å²) in [5.74, 6) is 0. The second-order valence-electron chi connectivity index (χ2n) is 4.84. The second kappa shape index (κ2) is 4.58. The lowest BCUT2D eigenvalue weighted by Crippen LogP contribution is -2.29. The molecule has 1 heterocycles. The fourth-order valence-electron chi connectivity index (χ4n) is 2.59. The standard InChI is InChI=1S/C12H14N4O3/c17-11-7-2-1-5-9(11)15-13-8-4-3-6-10(16(18)19)12(8)14-15/h3-4,6,9,11,17H,1-2,5,7H2. The number of aliphatic hydroxyl groups excluding tert-OH is 1. The Balaban J connectivity index is 2.06. The number of nitro groups is 1. The Bertz CT molecular complexity index is 624. The highest BCUT2D eigenvalue weighted by Gasteiger charge is 2.27. The summed E-state index contributed by atoms with van der Waals surface area (Å²) >= 11 is 0. The number of hydrogen-bond acceptors (Lipinski definition) is 5. The van der Waals surface area contributed by atoms with Crippen LogP contribution >= 0.6 is 0 Å². The van der Waals surface area contributed by atoms with Crippen molar-refractivity contribution in [1.82, 2.24) is 15.0 Å². The van der Waals surface area contributed by atoms with Gasteiger partial charge in [0, 0.05) is 6.07 Å². The number of nitro benzene ring substituents is 1. The lowest BCUT2D eigenvalue weighted by Gasteiger charge is -2.26. The van der Waals surface area contributed by atoms with Crippen molar-refractivity contribution in [3.05, 3.63) is 28.3 Å². The molecule has 1 N–H and O–H groups in total. The molecule has 2 unspecified atom stereocenters. The molecule has 0 saturated heterocycles. The SMILES string of the molecule is O=[N+]([O-])c1cccc2nn(C3CCCCC3O)nc12. The van der Waals surface area contributed by atoms with E-state index in [2.05, 4.69) is 10.2 Å². The first-order chi connectivity index (χ1) is 9.16. The van der Waals surface area contributed by atoms with Gasteiger partial charge in [0.05, 0.1) is 17.1 Å². The normalized spacial score (nSPS) is 23.6. The molecule has 2 atom stereocenters. The van der Waals surface area contributed by atoms with Crippen LogP contribution in [0.5, 0.6) is 0 Å². The van der Waals surface area contributed by atoms with Crippen molar-refractivity contribution < 1.29 is 10.0 Å². The smallest absolute Gasteiger partial charge is 0.299 e. The average molecular weight is 262 g/mol. The van der Waals surface area contributed by atoms with Crippen LogP contribution in [0.25, 0.3) is 11.0 Å². The molecule has 0 aliphatic heterocycles. The first-order valence-electron chi connectivity index (χ1n) is 6.35. The molecule has 19 heavy (non-hydrogen) atoms. The van der Waals surface area contributed by atoms with Crippen molar-refractivity contribution in [3.8, 4) is 0 Å². The van der Waals surface area contributed by atoms with Crippen LogP contribution in [0, 0.1) is 10.1 Å². The summed E-state index contributed by atoms with van der Waals surface area (Å²) in [4.78, 5) is 11.9. The van der Waals surface area contributed by atoms with E-state index in [9.17, 15) is 15.2 Å². The summed E-state index contributed by atoms with van der Waals surface area (Å²) in [6, 6.07) is 4.52. The van der Waals surface area contributed by atoms with E-state index in [-0.39, 0.29) is 17.2 Å². The van der Waals surface area contributed by atoms with E-state index in [1.54, 1.807) is 12.1 Å².